The number of methoxy groups -OCH3 is 2. The van der Waals surface area contributed by atoms with Crippen LogP contribution in [-0.4, -0.2) is 30.7 Å². The lowest BCUT2D eigenvalue weighted by Crippen LogP contribution is -2.46. The number of carbonyl (C=O) groups excluding carboxylic acids is 1. The van der Waals surface area contributed by atoms with Gasteiger partial charge in [0.25, 0.3) is 11.5 Å². The van der Waals surface area contributed by atoms with Gasteiger partial charge < -0.3 is 9.47 Å². The highest BCUT2D eigenvalue weighted by atomic mass is 16.7. The SMILES string of the molecule is COC1(OC)C(=O)C(c2ccccc2[N+](=O)[O-])=CC(C)=C1C. The molecular weight excluding hydrogens is 286 g/mol. The maximum atomic E-state index is 12.9. The molecule has 2 rings (SSSR count). The fourth-order valence-corrected chi connectivity index (χ4v) is 2.63. The minimum atomic E-state index is -1.54. The molecule has 0 saturated heterocycles. The van der Waals surface area contributed by atoms with Crippen molar-refractivity contribution in [2.45, 2.75) is 19.6 Å². The van der Waals surface area contributed by atoms with Crippen molar-refractivity contribution in [1.82, 2.24) is 0 Å². The van der Waals surface area contributed by atoms with Crippen molar-refractivity contribution in [1.29, 1.82) is 0 Å². The van der Waals surface area contributed by atoms with Crippen molar-refractivity contribution < 1.29 is 19.2 Å². The molecule has 0 fully saturated rings. The van der Waals surface area contributed by atoms with Gasteiger partial charge in [0.05, 0.1) is 10.5 Å². The van der Waals surface area contributed by atoms with Crippen LogP contribution in [0.3, 0.4) is 0 Å². The van der Waals surface area contributed by atoms with Crippen LogP contribution in [0, 0.1) is 10.1 Å². The number of carbonyl (C=O) groups is 1. The van der Waals surface area contributed by atoms with Gasteiger partial charge in [-0.3, -0.25) is 14.9 Å². The molecule has 116 valence electrons. The Morgan fingerprint density at radius 3 is 2.27 bits per heavy atom. The molecule has 0 aromatic heterocycles. The van der Waals surface area contributed by atoms with Gasteiger partial charge in [0, 0.05) is 25.9 Å². The zero-order valence-electron chi connectivity index (χ0n) is 12.9. The maximum absolute atomic E-state index is 12.9. The number of para-hydroxylation sites is 1. The van der Waals surface area contributed by atoms with Gasteiger partial charge in [0.2, 0.25) is 5.78 Å². The van der Waals surface area contributed by atoms with Gasteiger partial charge in [-0.1, -0.05) is 12.1 Å². The van der Waals surface area contributed by atoms with Crippen molar-refractivity contribution >= 4 is 17.0 Å². The lowest BCUT2D eigenvalue weighted by atomic mass is 9.83. The zero-order valence-corrected chi connectivity index (χ0v) is 12.9. The summed E-state index contributed by atoms with van der Waals surface area (Å²) in [5, 5.41) is 11.2. The number of allylic oxidation sites excluding steroid dienone is 2. The number of nitrogens with zero attached hydrogens (tertiary/aromatic N) is 1. The molecule has 0 N–H and O–H groups in total. The average Bonchev–Trinajstić information content (AvgIpc) is 2.52. The van der Waals surface area contributed by atoms with Crippen LogP contribution in [-0.2, 0) is 14.3 Å². The number of nitro groups is 1. The van der Waals surface area contributed by atoms with Crippen LogP contribution in [0.15, 0.2) is 41.5 Å². The Hall–Kier alpha value is -2.31. The summed E-state index contributed by atoms with van der Waals surface area (Å²) in [5.74, 6) is -1.99. The van der Waals surface area contributed by atoms with Crippen LogP contribution < -0.4 is 0 Å². The number of rotatable bonds is 4. The molecule has 0 heterocycles. The number of hydrogen-bond acceptors (Lipinski definition) is 5. The summed E-state index contributed by atoms with van der Waals surface area (Å²) >= 11 is 0. The molecule has 0 atom stereocenters. The number of ether oxygens (including phenoxy) is 2. The number of benzene rings is 1. The van der Waals surface area contributed by atoms with E-state index in [-0.39, 0.29) is 16.8 Å². The van der Waals surface area contributed by atoms with Crippen LogP contribution in [0.1, 0.15) is 19.4 Å². The highest BCUT2D eigenvalue weighted by Gasteiger charge is 2.46. The molecule has 6 nitrogen and oxygen atoms in total. The molecular formula is C16H17NO5. The second kappa shape index (κ2) is 5.82. The Kier molecular flexibility index (Phi) is 4.25. The van der Waals surface area contributed by atoms with E-state index in [2.05, 4.69) is 0 Å². The zero-order chi connectivity index (χ0) is 16.5. The standard InChI is InChI=1S/C16H17NO5/c1-10-9-13(12-7-5-6-8-14(12)17(19)20)15(18)16(21-3,22-4)11(10)2/h5-9H,1-4H3. The van der Waals surface area contributed by atoms with Gasteiger partial charge in [-0.2, -0.15) is 0 Å². The Bertz CT molecular complexity index is 698. The van der Waals surface area contributed by atoms with Crippen LogP contribution in [0.4, 0.5) is 5.69 Å². The summed E-state index contributed by atoms with van der Waals surface area (Å²) in [4.78, 5) is 23.6. The minimum absolute atomic E-state index is 0.129. The summed E-state index contributed by atoms with van der Waals surface area (Å²) in [5.41, 5.74) is 1.73. The van der Waals surface area contributed by atoms with E-state index in [9.17, 15) is 14.9 Å². The van der Waals surface area contributed by atoms with E-state index in [1.54, 1.807) is 31.2 Å². The van der Waals surface area contributed by atoms with Crippen LogP contribution >= 0.6 is 0 Å². The second-order valence-corrected chi connectivity index (χ2v) is 4.99. The number of Topliss-reactive ketones (excluding diaryl/α,β-unsaturated/α-hetero) is 1. The first kappa shape index (κ1) is 16.1. The van der Waals surface area contributed by atoms with Crippen molar-refractivity contribution in [2.75, 3.05) is 14.2 Å². The van der Waals surface area contributed by atoms with Crippen molar-refractivity contribution in [2.24, 2.45) is 0 Å². The molecule has 22 heavy (non-hydrogen) atoms. The molecule has 0 spiro atoms. The smallest absolute Gasteiger partial charge is 0.277 e. The number of hydrogen-bond donors (Lipinski definition) is 0. The van der Waals surface area contributed by atoms with E-state index < -0.39 is 16.5 Å². The van der Waals surface area contributed by atoms with Crippen LogP contribution in [0.25, 0.3) is 5.57 Å². The number of nitro benzene ring substituents is 1. The molecule has 0 amide bonds. The summed E-state index contributed by atoms with van der Waals surface area (Å²) in [6, 6.07) is 6.12. The molecule has 0 bridgehead atoms. The number of ketones is 1. The lowest BCUT2D eigenvalue weighted by Gasteiger charge is -2.34. The molecule has 1 aromatic rings. The van der Waals surface area contributed by atoms with Crippen molar-refractivity contribution in [3.8, 4) is 0 Å². The van der Waals surface area contributed by atoms with Crippen LogP contribution in [0.5, 0.6) is 0 Å². The van der Waals surface area contributed by atoms with E-state index in [1.165, 1.54) is 20.3 Å². The fourth-order valence-electron chi connectivity index (χ4n) is 2.63. The largest absolute Gasteiger partial charge is 0.343 e. The Morgan fingerprint density at radius 2 is 1.73 bits per heavy atom. The third-order valence-electron chi connectivity index (χ3n) is 3.96. The van der Waals surface area contributed by atoms with Gasteiger partial charge in [0.1, 0.15) is 0 Å². The average molecular weight is 303 g/mol. The minimum Gasteiger partial charge on any atom is -0.343 e. The van der Waals surface area contributed by atoms with E-state index in [0.29, 0.717) is 5.57 Å². The molecule has 1 aliphatic carbocycles. The first-order valence-electron chi connectivity index (χ1n) is 6.67. The van der Waals surface area contributed by atoms with Gasteiger partial charge in [0.15, 0.2) is 0 Å². The first-order valence-corrected chi connectivity index (χ1v) is 6.67. The van der Waals surface area contributed by atoms with Gasteiger partial charge in [-0.25, -0.2) is 0 Å². The first-order chi connectivity index (χ1) is 10.4. The normalized spacial score (nSPS) is 17.5. The quantitative estimate of drug-likeness (QED) is 0.485. The lowest BCUT2D eigenvalue weighted by molar-refractivity contribution is -0.385. The Morgan fingerprint density at radius 1 is 1.14 bits per heavy atom. The third kappa shape index (κ3) is 2.26. The van der Waals surface area contributed by atoms with E-state index in [4.69, 9.17) is 9.47 Å². The maximum Gasteiger partial charge on any atom is 0.277 e. The van der Waals surface area contributed by atoms with E-state index in [0.717, 1.165) is 5.57 Å². The topological polar surface area (TPSA) is 78.7 Å². The molecule has 0 saturated carbocycles. The Labute approximate surface area is 128 Å². The second-order valence-electron chi connectivity index (χ2n) is 4.99. The predicted molar refractivity (Wildman–Crippen MR) is 81.2 cm³/mol. The highest BCUT2D eigenvalue weighted by Crippen LogP contribution is 2.39. The Balaban J connectivity index is 2.70. The van der Waals surface area contributed by atoms with Crippen molar-refractivity contribution in [3.63, 3.8) is 0 Å². The van der Waals surface area contributed by atoms with Gasteiger partial charge in [-0.15, -0.1) is 0 Å². The monoisotopic (exact) mass is 303 g/mol. The van der Waals surface area contributed by atoms with E-state index >= 15 is 0 Å². The summed E-state index contributed by atoms with van der Waals surface area (Å²) < 4.78 is 10.7. The summed E-state index contributed by atoms with van der Waals surface area (Å²) in [6.07, 6.45) is 1.64. The molecule has 0 radical (unpaired) electrons. The molecule has 0 unspecified atom stereocenters. The molecule has 0 aliphatic heterocycles. The van der Waals surface area contributed by atoms with E-state index in [1.807, 2.05) is 6.92 Å². The molecule has 1 aliphatic rings. The van der Waals surface area contributed by atoms with Gasteiger partial charge >= 0.3 is 0 Å². The summed E-state index contributed by atoms with van der Waals surface area (Å²) in [6.45, 7) is 3.55. The highest BCUT2D eigenvalue weighted by molar-refractivity contribution is 6.27. The van der Waals surface area contributed by atoms with Gasteiger partial charge in [-0.05, 0) is 37.1 Å². The predicted octanol–water partition coefficient (Wildman–Crippen LogP) is 2.89. The molecule has 1 aromatic carbocycles. The molecule has 6 heteroatoms. The summed E-state index contributed by atoms with van der Waals surface area (Å²) in [7, 11) is 2.75. The fraction of sp³-hybridized carbons (Fsp3) is 0.312. The van der Waals surface area contributed by atoms with Crippen LogP contribution in [0.2, 0.25) is 0 Å². The van der Waals surface area contributed by atoms with Crippen molar-refractivity contribution in [3.05, 3.63) is 57.2 Å². The third-order valence-corrected chi connectivity index (χ3v) is 3.96.